The highest BCUT2D eigenvalue weighted by molar-refractivity contribution is 6.00. The van der Waals surface area contributed by atoms with Crippen LogP contribution in [0, 0.1) is 5.92 Å². The third-order valence-electron chi connectivity index (χ3n) is 8.81. The SMILES string of the molecule is Nc1ncnc2c1c(-c1ccc3c(c1)OC(c1ccccc1)CC3)cn2C1CC(CN2CCC(O)CC2)C1. The third kappa shape index (κ3) is 4.33. The largest absolute Gasteiger partial charge is 0.485 e. The molecule has 3 aliphatic rings. The minimum Gasteiger partial charge on any atom is -0.485 e. The molecule has 1 unspecified atom stereocenters. The van der Waals surface area contributed by atoms with Crippen molar-refractivity contribution in [1.82, 2.24) is 19.4 Å². The summed E-state index contributed by atoms with van der Waals surface area (Å²) in [6.07, 6.45) is 9.82. The molecule has 1 atom stereocenters. The Kier molecular flexibility index (Phi) is 6.05. The summed E-state index contributed by atoms with van der Waals surface area (Å²) in [7, 11) is 0. The van der Waals surface area contributed by atoms with E-state index >= 15 is 0 Å². The van der Waals surface area contributed by atoms with Gasteiger partial charge < -0.3 is 25.0 Å². The first-order valence-corrected chi connectivity index (χ1v) is 14.0. The topological polar surface area (TPSA) is 89.4 Å². The van der Waals surface area contributed by atoms with Crippen molar-refractivity contribution in [3.8, 4) is 16.9 Å². The van der Waals surface area contributed by atoms with Crippen molar-refractivity contribution >= 4 is 16.9 Å². The van der Waals surface area contributed by atoms with Crippen LogP contribution in [0.1, 0.15) is 55.4 Å². The number of likely N-dealkylation sites (tertiary alicyclic amines) is 1. The molecule has 0 amide bonds. The molecule has 1 saturated heterocycles. The van der Waals surface area contributed by atoms with Crippen LogP contribution in [0.25, 0.3) is 22.2 Å². The highest BCUT2D eigenvalue weighted by atomic mass is 16.5. The molecule has 38 heavy (non-hydrogen) atoms. The van der Waals surface area contributed by atoms with Gasteiger partial charge >= 0.3 is 0 Å². The van der Waals surface area contributed by atoms with Crippen LogP contribution in [0.15, 0.2) is 61.1 Å². The molecular weight excluding hydrogens is 474 g/mol. The Balaban J connectivity index is 1.15. The Morgan fingerprint density at radius 1 is 1.00 bits per heavy atom. The number of hydrogen-bond acceptors (Lipinski definition) is 6. The van der Waals surface area contributed by atoms with Gasteiger partial charge in [0.15, 0.2) is 0 Å². The van der Waals surface area contributed by atoms with Crippen LogP contribution in [0.3, 0.4) is 0 Å². The van der Waals surface area contributed by atoms with Gasteiger partial charge in [-0.25, -0.2) is 9.97 Å². The predicted octanol–water partition coefficient (Wildman–Crippen LogP) is 5.15. The standard InChI is InChI=1S/C31H35N5O2/c32-30-29-26(23-7-6-22-8-9-27(38-28(22)16-23)21-4-2-1-3-5-21)18-36(31(29)34-19-33-30)24-14-20(15-24)17-35-12-10-25(37)11-13-35/h1-7,16,18-20,24-25,27,37H,8-15,17H2,(H2,32,33,34). The van der Waals surface area contributed by atoms with Crippen molar-refractivity contribution in [1.29, 1.82) is 0 Å². The average Bonchev–Trinajstić information content (AvgIpc) is 3.32. The number of ether oxygens (including phenoxy) is 1. The van der Waals surface area contributed by atoms with E-state index in [-0.39, 0.29) is 12.2 Å². The molecule has 0 bridgehead atoms. The second-order valence-electron chi connectivity index (χ2n) is 11.3. The zero-order valence-electron chi connectivity index (χ0n) is 21.7. The Morgan fingerprint density at radius 2 is 1.82 bits per heavy atom. The molecule has 7 nitrogen and oxygen atoms in total. The van der Waals surface area contributed by atoms with Crippen molar-refractivity contribution < 1.29 is 9.84 Å². The number of nitrogens with zero attached hydrogens (tertiary/aromatic N) is 4. The summed E-state index contributed by atoms with van der Waals surface area (Å²) in [5.74, 6) is 2.16. The lowest BCUT2D eigenvalue weighted by Crippen LogP contribution is -2.42. The van der Waals surface area contributed by atoms with Gasteiger partial charge in [-0.15, -0.1) is 0 Å². The number of anilines is 1. The fraction of sp³-hybridized carbons (Fsp3) is 0.419. The van der Waals surface area contributed by atoms with Crippen LogP contribution < -0.4 is 10.5 Å². The third-order valence-corrected chi connectivity index (χ3v) is 8.81. The number of rotatable bonds is 5. The highest BCUT2D eigenvalue weighted by Crippen LogP contribution is 2.44. The molecule has 7 rings (SSSR count). The van der Waals surface area contributed by atoms with E-state index in [1.807, 2.05) is 6.07 Å². The van der Waals surface area contributed by atoms with Gasteiger partial charge in [0.25, 0.3) is 0 Å². The maximum absolute atomic E-state index is 9.81. The molecular formula is C31H35N5O2. The Labute approximate surface area is 223 Å². The molecule has 4 aromatic rings. The number of hydrogen-bond donors (Lipinski definition) is 2. The normalized spacial score (nSPS) is 24.1. The van der Waals surface area contributed by atoms with Gasteiger partial charge in [-0.2, -0.15) is 0 Å². The summed E-state index contributed by atoms with van der Waals surface area (Å²) in [6, 6.07) is 17.5. The molecule has 1 aliphatic carbocycles. The number of piperidine rings is 1. The molecule has 1 saturated carbocycles. The molecule has 3 N–H and O–H groups in total. The monoisotopic (exact) mass is 509 g/mol. The lowest BCUT2D eigenvalue weighted by molar-refractivity contribution is 0.0569. The maximum atomic E-state index is 9.81. The molecule has 0 spiro atoms. The number of aromatic nitrogens is 3. The molecule has 196 valence electrons. The van der Waals surface area contributed by atoms with Gasteiger partial charge in [0, 0.05) is 37.4 Å². The first kappa shape index (κ1) is 23.7. The van der Waals surface area contributed by atoms with E-state index in [1.54, 1.807) is 6.33 Å². The van der Waals surface area contributed by atoms with E-state index in [4.69, 9.17) is 10.5 Å². The van der Waals surface area contributed by atoms with E-state index < -0.39 is 0 Å². The summed E-state index contributed by atoms with van der Waals surface area (Å²) in [4.78, 5) is 11.5. The second-order valence-corrected chi connectivity index (χ2v) is 11.3. The van der Waals surface area contributed by atoms with Gasteiger partial charge in [0.2, 0.25) is 0 Å². The molecule has 2 fully saturated rings. The maximum Gasteiger partial charge on any atom is 0.146 e. The number of nitrogens with two attached hydrogens (primary N) is 1. The van der Waals surface area contributed by atoms with Crippen molar-refractivity contribution in [3.63, 3.8) is 0 Å². The summed E-state index contributed by atoms with van der Waals surface area (Å²) in [5.41, 5.74) is 12.0. The van der Waals surface area contributed by atoms with Gasteiger partial charge in [-0.05, 0) is 67.2 Å². The van der Waals surface area contributed by atoms with Crippen molar-refractivity contribution in [2.75, 3.05) is 25.4 Å². The van der Waals surface area contributed by atoms with Gasteiger partial charge in [-0.3, -0.25) is 0 Å². The zero-order chi connectivity index (χ0) is 25.6. The zero-order valence-corrected chi connectivity index (χ0v) is 21.7. The van der Waals surface area contributed by atoms with Crippen molar-refractivity contribution in [2.45, 2.75) is 56.8 Å². The van der Waals surface area contributed by atoms with Crippen LogP contribution in [-0.4, -0.2) is 50.3 Å². The summed E-state index contributed by atoms with van der Waals surface area (Å²) in [6.45, 7) is 3.14. The number of aryl methyl sites for hydroxylation is 1. The lowest BCUT2D eigenvalue weighted by atomic mass is 9.79. The Bertz CT molecular complexity index is 1440. The van der Waals surface area contributed by atoms with Crippen LogP contribution in [0.5, 0.6) is 5.75 Å². The molecule has 2 aliphatic heterocycles. The van der Waals surface area contributed by atoms with Crippen molar-refractivity contribution in [2.24, 2.45) is 5.92 Å². The van der Waals surface area contributed by atoms with E-state index in [2.05, 4.69) is 68.1 Å². The average molecular weight is 510 g/mol. The van der Waals surface area contributed by atoms with Crippen LogP contribution in [0.4, 0.5) is 5.82 Å². The first-order valence-electron chi connectivity index (χ1n) is 14.0. The van der Waals surface area contributed by atoms with Crippen LogP contribution >= 0.6 is 0 Å². The fourth-order valence-corrected chi connectivity index (χ4v) is 6.59. The molecule has 7 heteroatoms. The van der Waals surface area contributed by atoms with E-state index in [9.17, 15) is 5.11 Å². The van der Waals surface area contributed by atoms with E-state index in [0.29, 0.717) is 17.8 Å². The second kappa shape index (κ2) is 9.71. The molecule has 2 aromatic carbocycles. The number of fused-ring (bicyclic) bond motifs is 2. The van der Waals surface area contributed by atoms with Crippen molar-refractivity contribution in [3.05, 3.63) is 72.2 Å². The van der Waals surface area contributed by atoms with Gasteiger partial charge in [0.05, 0.1) is 11.5 Å². The Morgan fingerprint density at radius 3 is 2.63 bits per heavy atom. The quantitative estimate of drug-likeness (QED) is 0.387. The number of aliphatic hydroxyl groups is 1. The Hall–Kier alpha value is -3.42. The number of aliphatic hydroxyl groups excluding tert-OH is 1. The molecule has 2 aromatic heterocycles. The highest BCUT2D eigenvalue weighted by Gasteiger charge is 2.34. The summed E-state index contributed by atoms with van der Waals surface area (Å²) < 4.78 is 8.84. The fourth-order valence-electron chi connectivity index (χ4n) is 6.59. The van der Waals surface area contributed by atoms with Crippen LogP contribution in [-0.2, 0) is 6.42 Å². The number of benzene rings is 2. The summed E-state index contributed by atoms with van der Waals surface area (Å²) in [5, 5.41) is 10.7. The molecule has 4 heterocycles. The van der Waals surface area contributed by atoms with E-state index in [1.165, 1.54) is 11.1 Å². The smallest absolute Gasteiger partial charge is 0.146 e. The van der Waals surface area contributed by atoms with Gasteiger partial charge in [-0.1, -0.05) is 42.5 Å². The number of nitrogen functional groups attached to an aromatic ring is 1. The molecule has 0 radical (unpaired) electrons. The minimum absolute atomic E-state index is 0.0729. The minimum atomic E-state index is -0.117. The van der Waals surface area contributed by atoms with E-state index in [0.717, 1.165) is 86.1 Å². The van der Waals surface area contributed by atoms with Gasteiger partial charge in [0.1, 0.15) is 29.6 Å². The summed E-state index contributed by atoms with van der Waals surface area (Å²) >= 11 is 0. The van der Waals surface area contributed by atoms with Crippen LogP contribution in [0.2, 0.25) is 0 Å². The predicted molar refractivity (Wildman–Crippen MR) is 149 cm³/mol. The first-order chi connectivity index (χ1) is 18.6. The lowest BCUT2D eigenvalue weighted by Gasteiger charge is -2.41.